The van der Waals surface area contributed by atoms with Gasteiger partial charge in [-0.3, -0.25) is 24.0 Å². The lowest BCUT2D eigenvalue weighted by molar-refractivity contribution is -0.195. The van der Waals surface area contributed by atoms with Crippen LogP contribution in [0.5, 0.6) is 0 Å². The quantitative estimate of drug-likeness (QED) is 0.108. The van der Waals surface area contributed by atoms with Gasteiger partial charge in [-0.05, 0) is 42.9 Å². The van der Waals surface area contributed by atoms with E-state index >= 15 is 4.48 Å². The molecule has 4 aromatic rings. The van der Waals surface area contributed by atoms with Gasteiger partial charge in [0.15, 0.2) is 6.23 Å². The lowest BCUT2D eigenvalue weighted by atomic mass is 9.75. The van der Waals surface area contributed by atoms with E-state index in [1.807, 2.05) is 91.0 Å². The van der Waals surface area contributed by atoms with Gasteiger partial charge in [0.25, 0.3) is 5.56 Å². The summed E-state index contributed by atoms with van der Waals surface area (Å²) in [5.74, 6) is -6.00. The number of benzene rings is 3. The van der Waals surface area contributed by atoms with E-state index < -0.39 is 65.1 Å². The molecule has 2 N–H and O–H groups in total. The average Bonchev–Trinajstić information content (AvgIpc) is 3.14. The Bertz CT molecular complexity index is 1990. The molecule has 0 spiro atoms. The first-order chi connectivity index (χ1) is 25.6. The fraction of sp³-hybridized carbons (Fsp3) is 0.378. The van der Waals surface area contributed by atoms with Crippen LogP contribution in [0, 0.1) is 6.92 Å². The Balaban J connectivity index is 1.48. The van der Waals surface area contributed by atoms with Gasteiger partial charge in [-0.1, -0.05) is 95.5 Å². The summed E-state index contributed by atoms with van der Waals surface area (Å²) in [6, 6.07) is 26.8. The number of alkyl halides is 2. The summed E-state index contributed by atoms with van der Waals surface area (Å²) in [5, 5.41) is 0.605. The highest BCUT2D eigenvalue weighted by Gasteiger charge is 2.49. The normalized spacial score (nSPS) is 22.7. The van der Waals surface area contributed by atoms with E-state index in [9.17, 15) is 32.6 Å². The van der Waals surface area contributed by atoms with Crippen LogP contribution in [0.2, 0.25) is 0 Å². The number of piperidine rings is 1. The minimum atomic E-state index is -4.68. The highest BCUT2D eigenvalue weighted by molar-refractivity contribution is 7.80. The number of aromatic nitrogens is 2. The third-order valence-electron chi connectivity index (χ3n) is 9.92. The highest BCUT2D eigenvalue weighted by atomic mass is 35.7. The minimum Gasteiger partial charge on any atom is -0.352 e. The minimum absolute atomic E-state index is 0.0591. The van der Waals surface area contributed by atoms with Crippen LogP contribution in [0.25, 0.3) is 0 Å². The van der Waals surface area contributed by atoms with Crippen molar-refractivity contribution in [2.45, 2.75) is 69.0 Å². The van der Waals surface area contributed by atoms with Crippen LogP contribution in [-0.2, 0) is 24.3 Å². The molecular weight excluding hydrogens is 750 g/mol. The third-order valence-corrected chi connectivity index (χ3v) is 10.5. The molecule has 12 nitrogen and oxygen atoms in total. The Morgan fingerprint density at radius 1 is 1.00 bits per heavy atom. The second-order valence-electron chi connectivity index (χ2n) is 13.7. The molecule has 0 aliphatic carbocycles. The highest BCUT2D eigenvalue weighted by Crippen LogP contribution is 2.50. The zero-order chi connectivity index (χ0) is 38.8. The first-order valence-electron chi connectivity index (χ1n) is 17.3. The van der Waals surface area contributed by atoms with Gasteiger partial charge in [-0.25, -0.2) is 14.0 Å². The number of nitrogens with one attached hydrogen (secondary N) is 1. The standard InChI is InChI=1S/C37H40ClF3N5O7P/c1-25-22-44(35(49)42-33(25)47)32-24-43(37(26-12-6-3-7-13-26,27-14-8-4-9-15-27)28-16-10-5-11-17-28)23-31(52-32)21-30-20-29(46(41)34(48)36(2,39)40)18-19-45(30)53-54(38,50)51/h3-17,22,29-32H,18-21,23-24H2,1-2H3,(H,50,51)(H,42,47,49). The maximum atomic E-state index is 15.3. The summed E-state index contributed by atoms with van der Waals surface area (Å²) < 4.78 is 68.5. The third kappa shape index (κ3) is 8.42. The van der Waals surface area contributed by atoms with E-state index in [-0.39, 0.29) is 44.5 Å². The Kier molecular flexibility index (Phi) is 11.7. The number of nitrogens with zero attached hydrogens (tertiary/aromatic N) is 4. The molecule has 6 rings (SSSR count). The number of morpholine rings is 1. The number of ether oxygens (including phenoxy) is 1. The number of aromatic amines is 1. The fourth-order valence-electron chi connectivity index (χ4n) is 7.58. The number of halogens is 4. The lowest BCUT2D eigenvalue weighted by Crippen LogP contribution is -2.59. The van der Waals surface area contributed by atoms with Gasteiger partial charge < -0.3 is 9.63 Å². The molecular formula is C37H40ClF3N5O7P. The summed E-state index contributed by atoms with van der Waals surface area (Å²) >= 11 is 5.62. The molecule has 1 aromatic heterocycles. The summed E-state index contributed by atoms with van der Waals surface area (Å²) in [6.45, 7) is -2.79. The molecule has 17 heteroatoms. The van der Waals surface area contributed by atoms with Gasteiger partial charge in [-0.2, -0.15) is 19.0 Å². The molecule has 288 valence electrons. The maximum absolute atomic E-state index is 15.3. The Labute approximate surface area is 313 Å². The predicted molar refractivity (Wildman–Crippen MR) is 194 cm³/mol. The van der Waals surface area contributed by atoms with Gasteiger partial charge in [0, 0.05) is 55.6 Å². The second kappa shape index (κ2) is 16.0. The van der Waals surface area contributed by atoms with Gasteiger partial charge >= 0.3 is 24.5 Å². The van der Waals surface area contributed by atoms with Crippen molar-refractivity contribution in [1.29, 1.82) is 0 Å². The number of hydroxylamine groups is 2. The van der Waals surface area contributed by atoms with Crippen molar-refractivity contribution in [3.8, 4) is 0 Å². The largest absolute Gasteiger partial charge is 0.438 e. The summed E-state index contributed by atoms with van der Waals surface area (Å²) in [4.78, 5) is 52.5. The van der Waals surface area contributed by atoms with Gasteiger partial charge in [0.05, 0.1) is 17.7 Å². The SMILES string of the molecule is Cc1cn(C2CN(C(c3ccccc3)(c3ccccc3)c3ccccc3)CC(CC3CC(N(F)C(=O)C(C)(F)F)CCN3OP(=O)(O)Cl)O2)c(=O)[nH]c1=O. The Morgan fingerprint density at radius 2 is 1.54 bits per heavy atom. The van der Waals surface area contributed by atoms with E-state index in [4.69, 9.17) is 20.6 Å². The molecule has 2 fully saturated rings. The van der Waals surface area contributed by atoms with E-state index in [2.05, 4.69) is 9.88 Å². The van der Waals surface area contributed by atoms with Crippen molar-refractivity contribution >= 4 is 24.1 Å². The summed E-state index contributed by atoms with van der Waals surface area (Å²) in [5.41, 5.74) is 0.593. The molecule has 2 aliphatic heterocycles. The van der Waals surface area contributed by atoms with Crippen molar-refractivity contribution in [1.82, 2.24) is 24.6 Å². The molecule has 5 atom stereocenters. The molecule has 3 heterocycles. The van der Waals surface area contributed by atoms with Gasteiger partial charge in [-0.15, -0.1) is 0 Å². The van der Waals surface area contributed by atoms with Crippen molar-refractivity contribution in [3.63, 3.8) is 0 Å². The van der Waals surface area contributed by atoms with Crippen LogP contribution >= 0.6 is 18.2 Å². The van der Waals surface area contributed by atoms with Crippen molar-refractivity contribution in [2.75, 3.05) is 19.6 Å². The number of carbonyl (C=O) groups excluding carboxylic acids is 1. The predicted octanol–water partition coefficient (Wildman–Crippen LogP) is 5.90. The van der Waals surface area contributed by atoms with Crippen LogP contribution in [0.1, 0.15) is 54.7 Å². The number of carbonyl (C=O) groups is 1. The van der Waals surface area contributed by atoms with E-state index in [0.717, 1.165) is 21.8 Å². The van der Waals surface area contributed by atoms with Crippen molar-refractivity contribution < 1.29 is 36.9 Å². The van der Waals surface area contributed by atoms with Gasteiger partial charge in [0.2, 0.25) is 0 Å². The Hall–Kier alpha value is -4.08. The molecule has 1 amide bonds. The smallest absolute Gasteiger partial charge is 0.352 e. The van der Waals surface area contributed by atoms with Crippen molar-refractivity contribution in [3.05, 3.63) is 140 Å². The maximum Gasteiger partial charge on any atom is 0.438 e. The summed E-state index contributed by atoms with van der Waals surface area (Å²) in [6.07, 6.45) is -1.03. The zero-order valence-corrected chi connectivity index (χ0v) is 31.1. The second-order valence-corrected chi connectivity index (χ2v) is 16.0. The molecule has 3 aromatic carbocycles. The number of amides is 1. The van der Waals surface area contributed by atoms with Crippen LogP contribution in [-0.4, -0.2) is 79.2 Å². The number of rotatable bonds is 11. The molecule has 0 saturated carbocycles. The number of aryl methyl sites for hydroxylation is 1. The van der Waals surface area contributed by atoms with Crippen LogP contribution in [0.3, 0.4) is 0 Å². The van der Waals surface area contributed by atoms with E-state index in [0.29, 0.717) is 6.92 Å². The molecule has 2 saturated heterocycles. The first-order valence-corrected chi connectivity index (χ1v) is 19.8. The molecule has 0 bridgehead atoms. The number of H-pyrrole nitrogens is 1. The monoisotopic (exact) mass is 789 g/mol. The zero-order valence-electron chi connectivity index (χ0n) is 29.4. The topological polar surface area (TPSA) is 137 Å². The van der Waals surface area contributed by atoms with Crippen LogP contribution in [0.4, 0.5) is 13.3 Å². The van der Waals surface area contributed by atoms with Crippen molar-refractivity contribution in [2.24, 2.45) is 0 Å². The van der Waals surface area contributed by atoms with E-state index in [1.165, 1.54) is 10.8 Å². The van der Waals surface area contributed by atoms with Crippen LogP contribution in [0.15, 0.2) is 107 Å². The fourth-order valence-corrected chi connectivity index (χ4v) is 8.29. The van der Waals surface area contributed by atoms with Crippen LogP contribution < -0.4 is 11.2 Å². The van der Waals surface area contributed by atoms with Gasteiger partial charge in [0.1, 0.15) is 0 Å². The molecule has 5 unspecified atom stereocenters. The molecule has 0 radical (unpaired) electrons. The number of hydrogen-bond acceptors (Lipinski definition) is 8. The lowest BCUT2D eigenvalue weighted by Gasteiger charge is -2.51. The molecule has 2 aliphatic rings. The number of hydrogen-bond donors (Lipinski definition) is 2. The van der Waals surface area contributed by atoms with E-state index in [1.54, 1.807) is 6.92 Å². The Morgan fingerprint density at radius 3 is 2.04 bits per heavy atom. The molecule has 54 heavy (non-hydrogen) atoms. The first kappa shape index (κ1) is 39.6. The average molecular weight is 790 g/mol. The summed E-state index contributed by atoms with van der Waals surface area (Å²) in [7, 11) is 0.